The highest BCUT2D eigenvalue weighted by Gasteiger charge is 2.04. The van der Waals surface area contributed by atoms with Crippen LogP contribution in [0.25, 0.3) is 11.1 Å². The summed E-state index contributed by atoms with van der Waals surface area (Å²) in [6, 6.07) is 3.66. The Morgan fingerprint density at radius 3 is 3.09 bits per heavy atom. The van der Waals surface area contributed by atoms with Crippen LogP contribution in [-0.4, -0.2) is 4.98 Å². The Labute approximate surface area is 68.8 Å². The normalized spacial score (nSPS) is 10.7. The van der Waals surface area contributed by atoms with E-state index < -0.39 is 0 Å². The van der Waals surface area contributed by atoms with Gasteiger partial charge in [-0.25, -0.2) is 4.98 Å². The molecule has 0 fully saturated rings. The second kappa shape index (κ2) is 2.24. The third-order valence-electron chi connectivity index (χ3n) is 1.68. The molecule has 0 bridgehead atoms. The Bertz CT molecular complexity index is 394. The molecule has 0 saturated heterocycles. The highest BCUT2D eigenvalue weighted by atomic mass is 35.5. The number of nitrogens with zero attached hydrogens (tertiary/aromatic N) is 1. The molecule has 2 nitrogen and oxygen atoms in total. The monoisotopic (exact) mass is 167 g/mol. The summed E-state index contributed by atoms with van der Waals surface area (Å²) in [5, 5.41) is 0.717. The highest BCUT2D eigenvalue weighted by Crippen LogP contribution is 2.23. The zero-order chi connectivity index (χ0) is 7.84. The van der Waals surface area contributed by atoms with Crippen LogP contribution in [0.2, 0.25) is 5.02 Å². The number of benzene rings is 1. The van der Waals surface area contributed by atoms with Gasteiger partial charge in [0, 0.05) is 10.6 Å². The highest BCUT2D eigenvalue weighted by molar-refractivity contribution is 6.32. The number of hydrogen-bond acceptors (Lipinski definition) is 2. The molecule has 11 heavy (non-hydrogen) atoms. The van der Waals surface area contributed by atoms with E-state index in [9.17, 15) is 0 Å². The molecule has 0 unspecified atom stereocenters. The third kappa shape index (κ3) is 0.906. The lowest BCUT2D eigenvalue weighted by Crippen LogP contribution is -1.75. The van der Waals surface area contributed by atoms with E-state index in [0.717, 1.165) is 16.7 Å². The Hall–Kier alpha value is -1.02. The predicted octanol–water partition coefficient (Wildman–Crippen LogP) is 2.79. The van der Waals surface area contributed by atoms with E-state index in [-0.39, 0.29) is 0 Å². The van der Waals surface area contributed by atoms with Crippen molar-refractivity contribution in [1.82, 2.24) is 4.98 Å². The summed E-state index contributed by atoms with van der Waals surface area (Å²) in [4.78, 5) is 4.00. The summed E-state index contributed by atoms with van der Waals surface area (Å²) in [6.45, 7) is 1.91. The molecular formula is C8H6ClNO. The molecule has 0 aliphatic carbocycles. The quantitative estimate of drug-likeness (QED) is 0.603. The van der Waals surface area contributed by atoms with Crippen LogP contribution in [0.5, 0.6) is 0 Å². The average molecular weight is 168 g/mol. The van der Waals surface area contributed by atoms with Gasteiger partial charge in [-0.1, -0.05) is 11.6 Å². The largest absolute Gasteiger partial charge is 0.443 e. The Morgan fingerprint density at radius 2 is 2.27 bits per heavy atom. The van der Waals surface area contributed by atoms with Crippen molar-refractivity contribution in [1.29, 1.82) is 0 Å². The molecule has 0 spiro atoms. The van der Waals surface area contributed by atoms with Gasteiger partial charge in [-0.05, 0) is 19.1 Å². The summed E-state index contributed by atoms with van der Waals surface area (Å²) < 4.78 is 5.13. The number of aromatic nitrogens is 1. The van der Waals surface area contributed by atoms with Crippen LogP contribution >= 0.6 is 11.6 Å². The standard InChI is InChI=1S/C8H6ClNO/c1-5-6(9)2-3-7-8(5)11-4-10-7/h2-4H,1H3. The molecule has 3 heteroatoms. The van der Waals surface area contributed by atoms with Crippen molar-refractivity contribution >= 4 is 22.7 Å². The fraction of sp³-hybridized carbons (Fsp3) is 0.125. The van der Waals surface area contributed by atoms with Gasteiger partial charge in [-0.15, -0.1) is 0 Å². The number of hydrogen-bond donors (Lipinski definition) is 0. The molecule has 1 aromatic carbocycles. The fourth-order valence-corrected chi connectivity index (χ4v) is 1.19. The van der Waals surface area contributed by atoms with Gasteiger partial charge in [0.05, 0.1) is 0 Å². The summed E-state index contributed by atoms with van der Waals surface area (Å²) in [6.07, 6.45) is 1.42. The van der Waals surface area contributed by atoms with Crippen LogP contribution in [0, 0.1) is 6.92 Å². The van der Waals surface area contributed by atoms with Gasteiger partial charge in [-0.2, -0.15) is 0 Å². The molecule has 0 radical (unpaired) electrons. The van der Waals surface area contributed by atoms with Crippen molar-refractivity contribution in [3.63, 3.8) is 0 Å². The molecular weight excluding hydrogens is 162 g/mol. The van der Waals surface area contributed by atoms with Crippen molar-refractivity contribution in [2.75, 3.05) is 0 Å². The lowest BCUT2D eigenvalue weighted by atomic mass is 10.2. The first-order chi connectivity index (χ1) is 5.29. The molecule has 56 valence electrons. The second-order valence-corrected chi connectivity index (χ2v) is 2.78. The van der Waals surface area contributed by atoms with Gasteiger partial charge >= 0.3 is 0 Å². The average Bonchev–Trinajstić information content (AvgIpc) is 2.45. The summed E-state index contributed by atoms with van der Waals surface area (Å²) >= 11 is 5.86. The van der Waals surface area contributed by atoms with Gasteiger partial charge in [0.15, 0.2) is 12.0 Å². The first-order valence-electron chi connectivity index (χ1n) is 3.27. The van der Waals surface area contributed by atoms with Gasteiger partial charge in [-0.3, -0.25) is 0 Å². The van der Waals surface area contributed by atoms with Crippen LogP contribution in [0.3, 0.4) is 0 Å². The maximum atomic E-state index is 5.86. The first kappa shape index (κ1) is 6.68. The maximum absolute atomic E-state index is 5.86. The van der Waals surface area contributed by atoms with Crippen molar-refractivity contribution in [2.24, 2.45) is 0 Å². The number of halogens is 1. The smallest absolute Gasteiger partial charge is 0.181 e. The Morgan fingerprint density at radius 1 is 1.45 bits per heavy atom. The van der Waals surface area contributed by atoms with E-state index in [0.29, 0.717) is 5.02 Å². The van der Waals surface area contributed by atoms with E-state index in [4.69, 9.17) is 16.0 Å². The SMILES string of the molecule is Cc1c(Cl)ccc2ncoc12. The molecule has 0 aliphatic rings. The number of aryl methyl sites for hydroxylation is 1. The first-order valence-corrected chi connectivity index (χ1v) is 3.65. The number of oxazole rings is 1. The van der Waals surface area contributed by atoms with Crippen molar-refractivity contribution < 1.29 is 4.42 Å². The molecule has 0 aliphatic heterocycles. The van der Waals surface area contributed by atoms with Crippen molar-refractivity contribution in [3.05, 3.63) is 29.1 Å². The molecule has 1 heterocycles. The molecule has 1 aromatic heterocycles. The summed E-state index contributed by atoms with van der Waals surface area (Å²) in [7, 11) is 0. The topological polar surface area (TPSA) is 26.0 Å². The van der Waals surface area contributed by atoms with E-state index in [1.807, 2.05) is 19.1 Å². The minimum atomic E-state index is 0.717. The molecule has 0 atom stereocenters. The minimum absolute atomic E-state index is 0.717. The fourth-order valence-electron chi connectivity index (χ4n) is 1.04. The van der Waals surface area contributed by atoms with Gasteiger partial charge < -0.3 is 4.42 Å². The lowest BCUT2D eigenvalue weighted by molar-refractivity contribution is 0.600. The van der Waals surface area contributed by atoms with Crippen LogP contribution in [0.4, 0.5) is 0 Å². The third-order valence-corrected chi connectivity index (χ3v) is 2.09. The van der Waals surface area contributed by atoms with Crippen molar-refractivity contribution in [2.45, 2.75) is 6.92 Å². The molecule has 0 amide bonds. The maximum Gasteiger partial charge on any atom is 0.181 e. The van der Waals surface area contributed by atoms with Crippen LogP contribution in [0.1, 0.15) is 5.56 Å². The number of fused-ring (bicyclic) bond motifs is 1. The van der Waals surface area contributed by atoms with E-state index in [2.05, 4.69) is 4.98 Å². The van der Waals surface area contributed by atoms with Gasteiger partial charge in [0.2, 0.25) is 0 Å². The molecule has 2 rings (SSSR count). The number of rotatable bonds is 0. The van der Waals surface area contributed by atoms with Gasteiger partial charge in [0.1, 0.15) is 5.52 Å². The zero-order valence-corrected chi connectivity index (χ0v) is 6.72. The lowest BCUT2D eigenvalue weighted by Gasteiger charge is -1.94. The Balaban J connectivity index is 2.93. The zero-order valence-electron chi connectivity index (χ0n) is 5.97. The molecule has 2 aromatic rings. The van der Waals surface area contributed by atoms with E-state index in [1.54, 1.807) is 0 Å². The molecule has 0 N–H and O–H groups in total. The van der Waals surface area contributed by atoms with Crippen molar-refractivity contribution in [3.8, 4) is 0 Å². The van der Waals surface area contributed by atoms with Crippen LogP contribution in [0.15, 0.2) is 22.9 Å². The van der Waals surface area contributed by atoms with Crippen LogP contribution in [-0.2, 0) is 0 Å². The Kier molecular flexibility index (Phi) is 1.36. The molecule has 0 saturated carbocycles. The summed E-state index contributed by atoms with van der Waals surface area (Å²) in [5.41, 5.74) is 2.58. The second-order valence-electron chi connectivity index (χ2n) is 2.37. The van der Waals surface area contributed by atoms with E-state index >= 15 is 0 Å². The van der Waals surface area contributed by atoms with Gasteiger partial charge in [0.25, 0.3) is 0 Å². The summed E-state index contributed by atoms with van der Waals surface area (Å²) in [5.74, 6) is 0. The van der Waals surface area contributed by atoms with Crippen LogP contribution < -0.4 is 0 Å². The van der Waals surface area contributed by atoms with E-state index in [1.165, 1.54) is 6.39 Å². The predicted molar refractivity (Wildman–Crippen MR) is 43.8 cm³/mol. The minimum Gasteiger partial charge on any atom is -0.443 e.